The Bertz CT molecular complexity index is 291. The minimum atomic E-state index is 0.656. The molecule has 0 radical (unpaired) electrons. The van der Waals surface area contributed by atoms with Crippen LogP contribution >= 0.6 is 11.8 Å². The summed E-state index contributed by atoms with van der Waals surface area (Å²) in [5, 5.41) is 7.86. The molecule has 1 heterocycles. The van der Waals surface area contributed by atoms with E-state index in [4.69, 9.17) is 4.52 Å². The maximum Gasteiger partial charge on any atom is 0.227 e. The summed E-state index contributed by atoms with van der Waals surface area (Å²) in [5.41, 5.74) is 0. The molecule has 0 amide bonds. The highest BCUT2D eigenvalue weighted by atomic mass is 32.2. The van der Waals surface area contributed by atoms with Crippen LogP contribution in [-0.2, 0) is 12.2 Å². The van der Waals surface area contributed by atoms with Crippen LogP contribution in [-0.4, -0.2) is 28.5 Å². The number of aromatic nitrogens is 2. The topological polar surface area (TPSA) is 51.0 Å². The second-order valence-corrected chi connectivity index (χ2v) is 5.16. The van der Waals surface area contributed by atoms with E-state index in [0.29, 0.717) is 5.25 Å². The smallest absolute Gasteiger partial charge is 0.227 e. The van der Waals surface area contributed by atoms with Crippen LogP contribution in [0.4, 0.5) is 0 Å². The molecule has 1 atom stereocenters. The van der Waals surface area contributed by atoms with E-state index in [2.05, 4.69) is 36.2 Å². The van der Waals surface area contributed by atoms with Gasteiger partial charge in [-0.05, 0) is 13.0 Å². The molecule has 0 aromatic carbocycles. The van der Waals surface area contributed by atoms with Crippen molar-refractivity contribution in [1.29, 1.82) is 0 Å². The van der Waals surface area contributed by atoms with Crippen molar-refractivity contribution < 1.29 is 4.52 Å². The van der Waals surface area contributed by atoms with Gasteiger partial charge in [0.05, 0.1) is 5.75 Å². The average Bonchev–Trinajstić information content (AvgIpc) is 2.74. The van der Waals surface area contributed by atoms with Gasteiger partial charge in [-0.3, -0.25) is 0 Å². The first-order chi connectivity index (χ1) is 7.76. The van der Waals surface area contributed by atoms with Gasteiger partial charge in [-0.1, -0.05) is 25.9 Å². The van der Waals surface area contributed by atoms with Crippen LogP contribution in [0.25, 0.3) is 0 Å². The molecule has 1 unspecified atom stereocenters. The lowest BCUT2D eigenvalue weighted by Crippen LogP contribution is -2.16. The Morgan fingerprint density at radius 2 is 2.25 bits per heavy atom. The van der Waals surface area contributed by atoms with Gasteiger partial charge >= 0.3 is 0 Å². The van der Waals surface area contributed by atoms with E-state index in [1.165, 1.54) is 6.42 Å². The van der Waals surface area contributed by atoms with Gasteiger partial charge in [0.15, 0.2) is 5.82 Å². The van der Waals surface area contributed by atoms with Crippen LogP contribution < -0.4 is 5.32 Å². The molecule has 92 valence electrons. The maximum atomic E-state index is 5.16. The van der Waals surface area contributed by atoms with Crippen molar-refractivity contribution in [3.63, 3.8) is 0 Å². The lowest BCUT2D eigenvalue weighted by atomic mass is 10.4. The zero-order chi connectivity index (χ0) is 11.8. The fourth-order valence-electron chi connectivity index (χ4n) is 1.16. The van der Waals surface area contributed by atoms with E-state index < -0.39 is 0 Å². The molecule has 4 nitrogen and oxygen atoms in total. The molecule has 5 heteroatoms. The third-order valence-corrected chi connectivity index (χ3v) is 3.67. The summed E-state index contributed by atoms with van der Waals surface area (Å²) in [6.07, 6.45) is 1.99. The highest BCUT2D eigenvalue weighted by Gasteiger charge is 2.07. The van der Waals surface area contributed by atoms with Gasteiger partial charge < -0.3 is 9.84 Å². The molecule has 1 aromatic rings. The SMILES string of the molecule is CCNCCc1nc(CSC(C)CC)no1. The van der Waals surface area contributed by atoms with Crippen molar-refractivity contribution in [3.05, 3.63) is 11.7 Å². The van der Waals surface area contributed by atoms with Gasteiger partial charge in [-0.25, -0.2) is 0 Å². The molecule has 0 aliphatic carbocycles. The minimum absolute atomic E-state index is 0.656. The van der Waals surface area contributed by atoms with E-state index in [0.717, 1.165) is 37.0 Å². The number of likely N-dealkylation sites (N-methyl/N-ethyl adjacent to an activating group) is 1. The summed E-state index contributed by atoms with van der Waals surface area (Å²) in [6, 6.07) is 0. The lowest BCUT2D eigenvalue weighted by Gasteiger charge is -2.04. The number of thioether (sulfide) groups is 1. The Balaban J connectivity index is 2.28. The average molecular weight is 243 g/mol. The summed E-state index contributed by atoms with van der Waals surface area (Å²) >= 11 is 1.87. The van der Waals surface area contributed by atoms with Gasteiger partial charge in [0, 0.05) is 18.2 Å². The van der Waals surface area contributed by atoms with Crippen molar-refractivity contribution in [2.75, 3.05) is 13.1 Å². The van der Waals surface area contributed by atoms with Crippen LogP contribution in [0.5, 0.6) is 0 Å². The Morgan fingerprint density at radius 1 is 1.44 bits per heavy atom. The van der Waals surface area contributed by atoms with Crippen LogP contribution in [0, 0.1) is 0 Å². The highest BCUT2D eigenvalue weighted by molar-refractivity contribution is 7.99. The summed E-state index contributed by atoms with van der Waals surface area (Å²) in [4.78, 5) is 4.35. The maximum absolute atomic E-state index is 5.16. The third kappa shape index (κ3) is 4.99. The molecule has 0 aliphatic heterocycles. The molecule has 0 bridgehead atoms. The molecular formula is C11H21N3OS. The molecule has 16 heavy (non-hydrogen) atoms. The number of hydrogen-bond donors (Lipinski definition) is 1. The summed E-state index contributed by atoms with van der Waals surface area (Å²) in [6.45, 7) is 8.37. The summed E-state index contributed by atoms with van der Waals surface area (Å²) in [5.74, 6) is 2.40. The third-order valence-electron chi connectivity index (χ3n) is 2.35. The van der Waals surface area contributed by atoms with E-state index in [-0.39, 0.29) is 0 Å². The van der Waals surface area contributed by atoms with Crippen molar-refractivity contribution in [2.24, 2.45) is 0 Å². The first-order valence-electron chi connectivity index (χ1n) is 5.90. The van der Waals surface area contributed by atoms with E-state index in [1.807, 2.05) is 11.8 Å². The second-order valence-electron chi connectivity index (χ2n) is 3.74. The van der Waals surface area contributed by atoms with Gasteiger partial charge in [-0.15, -0.1) is 0 Å². The number of nitrogens with zero attached hydrogens (tertiary/aromatic N) is 2. The first kappa shape index (κ1) is 13.5. The van der Waals surface area contributed by atoms with Crippen LogP contribution in [0.2, 0.25) is 0 Å². The molecule has 0 saturated heterocycles. The second kappa shape index (κ2) is 7.68. The first-order valence-corrected chi connectivity index (χ1v) is 6.94. The number of hydrogen-bond acceptors (Lipinski definition) is 5. The van der Waals surface area contributed by atoms with E-state index in [9.17, 15) is 0 Å². The van der Waals surface area contributed by atoms with Gasteiger partial charge in [-0.2, -0.15) is 16.7 Å². The Morgan fingerprint density at radius 3 is 2.94 bits per heavy atom. The van der Waals surface area contributed by atoms with Crippen LogP contribution in [0.3, 0.4) is 0 Å². The Labute approximate surface area is 102 Å². The molecule has 0 spiro atoms. The quantitative estimate of drug-likeness (QED) is 0.710. The predicted molar refractivity (Wildman–Crippen MR) is 67.6 cm³/mol. The minimum Gasteiger partial charge on any atom is -0.339 e. The summed E-state index contributed by atoms with van der Waals surface area (Å²) in [7, 11) is 0. The van der Waals surface area contributed by atoms with Crippen molar-refractivity contribution in [3.8, 4) is 0 Å². The number of rotatable bonds is 8. The normalized spacial score (nSPS) is 12.9. The van der Waals surface area contributed by atoms with Crippen molar-refractivity contribution >= 4 is 11.8 Å². The number of nitrogens with one attached hydrogen (secondary N) is 1. The molecular weight excluding hydrogens is 222 g/mol. The molecule has 0 fully saturated rings. The Kier molecular flexibility index (Phi) is 6.49. The highest BCUT2D eigenvalue weighted by Crippen LogP contribution is 2.17. The van der Waals surface area contributed by atoms with Crippen molar-refractivity contribution in [1.82, 2.24) is 15.5 Å². The lowest BCUT2D eigenvalue weighted by molar-refractivity contribution is 0.372. The van der Waals surface area contributed by atoms with E-state index in [1.54, 1.807) is 0 Å². The molecule has 1 N–H and O–H groups in total. The van der Waals surface area contributed by atoms with Gasteiger partial charge in [0.2, 0.25) is 5.89 Å². The molecule has 0 aliphatic rings. The van der Waals surface area contributed by atoms with Crippen LogP contribution in [0.1, 0.15) is 38.9 Å². The van der Waals surface area contributed by atoms with Crippen LogP contribution in [0.15, 0.2) is 4.52 Å². The zero-order valence-corrected chi connectivity index (χ0v) is 11.1. The standard InChI is InChI=1S/C11H21N3OS/c1-4-9(3)16-8-10-13-11(15-14-10)6-7-12-5-2/h9,12H,4-8H2,1-3H3. The van der Waals surface area contributed by atoms with Gasteiger partial charge in [0.25, 0.3) is 0 Å². The molecule has 1 rings (SSSR count). The van der Waals surface area contributed by atoms with E-state index >= 15 is 0 Å². The Hall–Kier alpha value is -0.550. The summed E-state index contributed by atoms with van der Waals surface area (Å²) < 4.78 is 5.16. The fraction of sp³-hybridized carbons (Fsp3) is 0.818. The zero-order valence-electron chi connectivity index (χ0n) is 10.3. The molecule has 0 saturated carbocycles. The fourth-order valence-corrected chi connectivity index (χ4v) is 1.94. The van der Waals surface area contributed by atoms with Gasteiger partial charge in [0.1, 0.15) is 0 Å². The largest absolute Gasteiger partial charge is 0.339 e. The predicted octanol–water partition coefficient (Wildman–Crippen LogP) is 2.25. The molecule has 1 aromatic heterocycles. The monoisotopic (exact) mass is 243 g/mol. The van der Waals surface area contributed by atoms with Crippen molar-refractivity contribution in [2.45, 2.75) is 44.6 Å².